The van der Waals surface area contributed by atoms with Crippen molar-refractivity contribution >= 4 is 16.9 Å². The number of ether oxygens (including phenoxy) is 1. The van der Waals surface area contributed by atoms with Crippen LogP contribution in [0.2, 0.25) is 0 Å². The molecule has 0 radical (unpaired) electrons. The number of fused-ring (bicyclic) bond motifs is 1. The highest BCUT2D eigenvalue weighted by Gasteiger charge is 2.44. The van der Waals surface area contributed by atoms with Gasteiger partial charge in [-0.1, -0.05) is 34.6 Å². The van der Waals surface area contributed by atoms with Gasteiger partial charge in [0.15, 0.2) is 0 Å². The third kappa shape index (κ3) is 3.00. The SMILES string of the molecule is COc1ccnc2[nH]c(C(=O)N[C@H]3C[C@@H](C)C(C)(C)[C@@H](C)[C@@H]3C)cc12. The molecule has 1 aliphatic carbocycles. The van der Waals surface area contributed by atoms with Gasteiger partial charge in [-0.05, 0) is 41.7 Å². The Kier molecular flexibility index (Phi) is 4.52. The van der Waals surface area contributed by atoms with Crippen LogP contribution in [-0.2, 0) is 0 Å². The third-order valence-electron chi connectivity index (χ3n) is 6.75. The minimum atomic E-state index is -0.0731. The van der Waals surface area contributed by atoms with Gasteiger partial charge >= 0.3 is 0 Å². The van der Waals surface area contributed by atoms with Gasteiger partial charge in [-0.2, -0.15) is 0 Å². The number of H-pyrrole nitrogens is 1. The standard InChI is InChI=1S/C20H29N3O2/c1-11-9-15(12(2)13(3)20(11,4)5)23-19(24)16-10-14-17(25-6)7-8-21-18(14)22-16/h7-8,10-13,15H,9H2,1-6H3,(H,21,22)(H,23,24)/t11-,12+,13+,15+/m1/s1. The first-order valence-electron chi connectivity index (χ1n) is 9.08. The Balaban J connectivity index is 1.81. The Morgan fingerprint density at radius 2 is 2.08 bits per heavy atom. The van der Waals surface area contributed by atoms with E-state index in [1.807, 2.05) is 6.07 Å². The van der Waals surface area contributed by atoms with Gasteiger partial charge < -0.3 is 15.0 Å². The van der Waals surface area contributed by atoms with E-state index in [0.717, 1.165) is 17.6 Å². The van der Waals surface area contributed by atoms with E-state index < -0.39 is 0 Å². The number of nitrogens with zero attached hydrogens (tertiary/aromatic N) is 1. The number of nitrogens with one attached hydrogen (secondary N) is 2. The first kappa shape index (κ1) is 17.8. The lowest BCUT2D eigenvalue weighted by atomic mass is 9.58. The van der Waals surface area contributed by atoms with E-state index in [2.05, 4.69) is 49.9 Å². The number of aromatic amines is 1. The highest BCUT2D eigenvalue weighted by atomic mass is 16.5. The zero-order valence-electron chi connectivity index (χ0n) is 16.0. The molecule has 0 unspecified atom stereocenters. The van der Waals surface area contributed by atoms with Crippen molar-refractivity contribution < 1.29 is 9.53 Å². The van der Waals surface area contributed by atoms with Crippen molar-refractivity contribution in [2.45, 2.75) is 47.1 Å². The van der Waals surface area contributed by atoms with E-state index in [1.54, 1.807) is 19.4 Å². The number of methoxy groups -OCH3 is 1. The lowest BCUT2D eigenvalue weighted by molar-refractivity contribution is 0.0155. The Morgan fingerprint density at radius 3 is 2.76 bits per heavy atom. The molecule has 136 valence electrons. The van der Waals surface area contributed by atoms with Gasteiger partial charge in [0.25, 0.3) is 5.91 Å². The van der Waals surface area contributed by atoms with E-state index >= 15 is 0 Å². The Bertz CT molecular complexity index is 780. The maximum absolute atomic E-state index is 12.8. The summed E-state index contributed by atoms with van der Waals surface area (Å²) in [5.41, 5.74) is 1.49. The second kappa shape index (κ2) is 6.36. The van der Waals surface area contributed by atoms with Crippen LogP contribution in [0.1, 0.15) is 51.5 Å². The number of pyridine rings is 1. The molecule has 2 heterocycles. The molecule has 0 aliphatic heterocycles. The molecule has 1 saturated carbocycles. The fourth-order valence-electron chi connectivity index (χ4n) is 4.11. The van der Waals surface area contributed by atoms with Gasteiger partial charge in [0.2, 0.25) is 0 Å². The molecule has 1 aliphatic rings. The molecule has 2 N–H and O–H groups in total. The molecule has 2 aromatic rings. The fraction of sp³-hybridized carbons (Fsp3) is 0.600. The highest BCUT2D eigenvalue weighted by molar-refractivity contribution is 5.98. The predicted molar refractivity (Wildman–Crippen MR) is 99.8 cm³/mol. The molecule has 25 heavy (non-hydrogen) atoms. The monoisotopic (exact) mass is 343 g/mol. The number of rotatable bonds is 3. The number of carbonyl (C=O) groups is 1. The summed E-state index contributed by atoms with van der Waals surface area (Å²) in [6, 6.07) is 3.81. The lowest BCUT2D eigenvalue weighted by Gasteiger charge is -2.49. The summed E-state index contributed by atoms with van der Waals surface area (Å²) in [5.74, 6) is 2.19. The molecule has 2 aromatic heterocycles. The predicted octanol–water partition coefficient (Wildman–Crippen LogP) is 4.01. The van der Waals surface area contributed by atoms with Crippen LogP contribution in [0.4, 0.5) is 0 Å². The summed E-state index contributed by atoms with van der Waals surface area (Å²) in [4.78, 5) is 20.2. The van der Waals surface area contributed by atoms with Crippen LogP contribution in [0.3, 0.4) is 0 Å². The summed E-state index contributed by atoms with van der Waals surface area (Å²) >= 11 is 0. The smallest absolute Gasteiger partial charge is 0.268 e. The quantitative estimate of drug-likeness (QED) is 0.885. The van der Waals surface area contributed by atoms with Crippen LogP contribution in [0.15, 0.2) is 18.3 Å². The largest absolute Gasteiger partial charge is 0.496 e. The molecular weight excluding hydrogens is 314 g/mol. The zero-order chi connectivity index (χ0) is 18.4. The molecule has 4 atom stereocenters. The van der Waals surface area contributed by atoms with Crippen LogP contribution >= 0.6 is 0 Å². The van der Waals surface area contributed by atoms with Crippen molar-refractivity contribution in [1.29, 1.82) is 0 Å². The average Bonchev–Trinajstić information content (AvgIpc) is 3.02. The normalized spacial score (nSPS) is 28.7. The van der Waals surface area contributed by atoms with Crippen LogP contribution in [0.25, 0.3) is 11.0 Å². The summed E-state index contributed by atoms with van der Waals surface area (Å²) in [6.07, 6.45) is 2.68. The van der Waals surface area contributed by atoms with Crippen LogP contribution in [-0.4, -0.2) is 29.0 Å². The Labute approximate surface area is 149 Å². The van der Waals surface area contributed by atoms with Crippen molar-refractivity contribution in [3.05, 3.63) is 24.0 Å². The first-order chi connectivity index (χ1) is 11.8. The number of aromatic nitrogens is 2. The Hall–Kier alpha value is -2.04. The average molecular weight is 343 g/mol. The van der Waals surface area contributed by atoms with Gasteiger partial charge in [0, 0.05) is 12.2 Å². The zero-order valence-corrected chi connectivity index (χ0v) is 16.0. The summed E-state index contributed by atoms with van der Waals surface area (Å²) in [6.45, 7) is 11.5. The number of hydrogen-bond donors (Lipinski definition) is 2. The van der Waals surface area contributed by atoms with E-state index in [4.69, 9.17) is 4.74 Å². The maximum Gasteiger partial charge on any atom is 0.268 e. The number of amides is 1. The van der Waals surface area contributed by atoms with Gasteiger partial charge in [0.05, 0.1) is 12.5 Å². The maximum atomic E-state index is 12.8. The molecule has 0 saturated heterocycles. The molecule has 0 bridgehead atoms. The number of carbonyl (C=O) groups excluding carboxylic acids is 1. The molecule has 0 spiro atoms. The van der Waals surface area contributed by atoms with E-state index in [-0.39, 0.29) is 11.9 Å². The van der Waals surface area contributed by atoms with Crippen molar-refractivity contribution in [1.82, 2.24) is 15.3 Å². The molecule has 3 rings (SSSR count). The molecule has 5 nitrogen and oxygen atoms in total. The minimum Gasteiger partial charge on any atom is -0.496 e. The second-order valence-electron chi connectivity index (χ2n) is 8.14. The van der Waals surface area contributed by atoms with E-state index in [1.165, 1.54) is 0 Å². The van der Waals surface area contributed by atoms with Crippen molar-refractivity contribution in [3.63, 3.8) is 0 Å². The van der Waals surface area contributed by atoms with Crippen LogP contribution in [0, 0.1) is 23.2 Å². The first-order valence-corrected chi connectivity index (χ1v) is 9.08. The molecule has 5 heteroatoms. The molecular formula is C20H29N3O2. The van der Waals surface area contributed by atoms with Gasteiger partial charge in [0.1, 0.15) is 17.1 Å². The van der Waals surface area contributed by atoms with Gasteiger partial charge in [-0.25, -0.2) is 4.98 Å². The topological polar surface area (TPSA) is 67.0 Å². The molecule has 1 amide bonds. The van der Waals surface area contributed by atoms with Gasteiger partial charge in [-0.15, -0.1) is 0 Å². The summed E-state index contributed by atoms with van der Waals surface area (Å²) in [5, 5.41) is 4.07. The highest BCUT2D eigenvalue weighted by Crippen LogP contribution is 2.47. The molecule has 1 fully saturated rings. The minimum absolute atomic E-state index is 0.0731. The molecule has 0 aromatic carbocycles. The van der Waals surface area contributed by atoms with Gasteiger partial charge in [-0.3, -0.25) is 4.79 Å². The number of hydrogen-bond acceptors (Lipinski definition) is 3. The van der Waals surface area contributed by atoms with Crippen molar-refractivity contribution in [2.75, 3.05) is 7.11 Å². The van der Waals surface area contributed by atoms with E-state index in [9.17, 15) is 4.79 Å². The Morgan fingerprint density at radius 1 is 1.36 bits per heavy atom. The van der Waals surface area contributed by atoms with Crippen molar-refractivity contribution in [3.8, 4) is 5.75 Å². The lowest BCUT2D eigenvalue weighted by Crippen LogP contribution is -2.52. The van der Waals surface area contributed by atoms with Crippen LogP contribution in [0.5, 0.6) is 5.75 Å². The third-order valence-corrected chi connectivity index (χ3v) is 6.75. The second-order valence-corrected chi connectivity index (χ2v) is 8.14. The summed E-state index contributed by atoms with van der Waals surface area (Å²) < 4.78 is 5.35. The van der Waals surface area contributed by atoms with E-state index in [0.29, 0.717) is 34.5 Å². The van der Waals surface area contributed by atoms with Crippen LogP contribution < -0.4 is 10.1 Å². The fourth-order valence-corrected chi connectivity index (χ4v) is 4.11. The van der Waals surface area contributed by atoms with Crippen molar-refractivity contribution in [2.24, 2.45) is 23.2 Å². The summed E-state index contributed by atoms with van der Waals surface area (Å²) in [7, 11) is 1.62.